The van der Waals surface area contributed by atoms with Gasteiger partial charge < -0.3 is 10.2 Å². The molecular formula is C4H10F4O2. The molecule has 0 heterocycles. The fourth-order valence-electron chi connectivity index (χ4n) is 0. The normalized spacial score (nSPS) is 7.20. The lowest BCUT2D eigenvalue weighted by Crippen LogP contribution is -1.92. The van der Waals surface area contributed by atoms with Gasteiger partial charge in [0.05, 0.1) is 0 Å². The van der Waals surface area contributed by atoms with Crippen molar-refractivity contribution in [2.24, 2.45) is 0 Å². The summed E-state index contributed by atoms with van der Waals surface area (Å²) in [6, 6.07) is 0. The summed E-state index contributed by atoms with van der Waals surface area (Å²) in [5, 5.41) is 15.2. The number of alkyl halides is 4. The molecule has 0 aliphatic carbocycles. The highest BCUT2D eigenvalue weighted by molar-refractivity contribution is 4.02. The molecule has 0 saturated carbocycles. The molecule has 0 fully saturated rings. The van der Waals surface area contributed by atoms with Gasteiger partial charge in [-0.1, -0.05) is 0 Å². The SMILES string of the molecule is CC(O)O.FCF.FCF. The van der Waals surface area contributed by atoms with Crippen LogP contribution in [0.3, 0.4) is 0 Å². The van der Waals surface area contributed by atoms with Crippen LogP contribution in [0.2, 0.25) is 0 Å². The van der Waals surface area contributed by atoms with Crippen LogP contribution in [-0.4, -0.2) is 30.4 Å². The van der Waals surface area contributed by atoms with Gasteiger partial charge in [0, 0.05) is 0 Å². The minimum atomic E-state index is -1.75. The van der Waals surface area contributed by atoms with Gasteiger partial charge in [-0.25, -0.2) is 17.6 Å². The number of aliphatic hydroxyl groups excluding tert-OH is 1. The van der Waals surface area contributed by atoms with Crippen molar-refractivity contribution < 1.29 is 27.8 Å². The number of hydrogen-bond acceptors (Lipinski definition) is 2. The molecule has 0 unspecified atom stereocenters. The Morgan fingerprint density at radius 1 is 1.00 bits per heavy atom. The lowest BCUT2D eigenvalue weighted by atomic mass is 10.8. The van der Waals surface area contributed by atoms with Crippen LogP contribution in [0.1, 0.15) is 6.92 Å². The topological polar surface area (TPSA) is 40.5 Å². The molecule has 0 aromatic heterocycles. The van der Waals surface area contributed by atoms with Gasteiger partial charge in [0.15, 0.2) is 0 Å². The molecule has 10 heavy (non-hydrogen) atoms. The number of hydrogen-bond donors (Lipinski definition) is 2. The third-order valence-electron chi connectivity index (χ3n) is 0. The van der Waals surface area contributed by atoms with Crippen molar-refractivity contribution >= 4 is 0 Å². The number of rotatable bonds is 0. The van der Waals surface area contributed by atoms with E-state index in [0.717, 1.165) is 0 Å². The average Bonchev–Trinajstić information content (AvgIpc) is 1.65. The van der Waals surface area contributed by atoms with E-state index in [4.69, 9.17) is 10.2 Å². The van der Waals surface area contributed by atoms with E-state index in [0.29, 0.717) is 0 Å². The molecule has 0 saturated heterocycles. The standard InChI is InChI=1S/C2H6O2.2CH2F2/c1-2(3)4;2*2-1-3/h2-4H,1H3;2*1H2. The highest BCUT2D eigenvalue weighted by Crippen LogP contribution is 1.57. The van der Waals surface area contributed by atoms with Gasteiger partial charge in [-0.05, 0) is 6.92 Å². The maximum absolute atomic E-state index is 9.62. The van der Waals surface area contributed by atoms with Gasteiger partial charge in [-0.2, -0.15) is 0 Å². The van der Waals surface area contributed by atoms with E-state index in [9.17, 15) is 17.6 Å². The van der Waals surface area contributed by atoms with Gasteiger partial charge >= 0.3 is 0 Å². The Morgan fingerprint density at radius 3 is 1.00 bits per heavy atom. The number of halogens is 4. The zero-order valence-electron chi connectivity index (χ0n) is 5.40. The van der Waals surface area contributed by atoms with Crippen molar-refractivity contribution in [2.75, 3.05) is 13.9 Å². The number of aliphatic hydroxyl groups is 2. The molecule has 6 heteroatoms. The zero-order valence-corrected chi connectivity index (χ0v) is 5.40. The lowest BCUT2D eigenvalue weighted by Gasteiger charge is -1.80. The molecule has 0 atom stereocenters. The summed E-state index contributed by atoms with van der Waals surface area (Å²) >= 11 is 0. The Morgan fingerprint density at radius 2 is 1.00 bits per heavy atom. The van der Waals surface area contributed by atoms with Crippen LogP contribution in [0.4, 0.5) is 17.6 Å². The lowest BCUT2D eigenvalue weighted by molar-refractivity contribution is -0.0228. The van der Waals surface area contributed by atoms with Crippen molar-refractivity contribution in [1.82, 2.24) is 0 Å². The van der Waals surface area contributed by atoms with Crippen LogP contribution in [0.25, 0.3) is 0 Å². The third-order valence-corrected chi connectivity index (χ3v) is 0. The van der Waals surface area contributed by atoms with E-state index >= 15 is 0 Å². The fraction of sp³-hybridized carbons (Fsp3) is 1.00. The Hall–Kier alpha value is -0.360. The Balaban J connectivity index is -0.0000000750. The van der Waals surface area contributed by atoms with Gasteiger partial charge in [0.2, 0.25) is 13.9 Å². The summed E-state index contributed by atoms with van der Waals surface area (Å²) in [6.07, 6.45) is -1.17. The van der Waals surface area contributed by atoms with E-state index in [2.05, 4.69) is 0 Å². The van der Waals surface area contributed by atoms with Crippen LogP contribution < -0.4 is 0 Å². The predicted molar refractivity (Wildman–Crippen MR) is 28.1 cm³/mol. The summed E-state index contributed by atoms with van der Waals surface area (Å²) in [6.45, 7) is -2.22. The molecule has 0 amide bonds. The Kier molecular flexibility index (Phi) is 38.2. The predicted octanol–water partition coefficient (Wildman–Crippen LogP) is 1.08. The first kappa shape index (κ1) is 16.3. The highest BCUT2D eigenvalue weighted by Gasteiger charge is 1.70. The minimum Gasteiger partial charge on any atom is -0.368 e. The van der Waals surface area contributed by atoms with E-state index < -0.39 is 20.1 Å². The summed E-state index contributed by atoms with van der Waals surface area (Å²) in [4.78, 5) is 0. The summed E-state index contributed by atoms with van der Waals surface area (Å²) in [5.41, 5.74) is 0. The fourth-order valence-corrected chi connectivity index (χ4v) is 0. The molecular weight excluding hydrogens is 156 g/mol. The smallest absolute Gasteiger partial charge is 0.229 e. The molecule has 0 radical (unpaired) electrons. The second-order valence-corrected chi connectivity index (χ2v) is 0.834. The Labute approximate surface area is 56.1 Å². The first-order chi connectivity index (χ1) is 4.56. The first-order valence-corrected chi connectivity index (χ1v) is 2.16. The van der Waals surface area contributed by atoms with Crippen molar-refractivity contribution in [3.8, 4) is 0 Å². The van der Waals surface area contributed by atoms with E-state index in [1.165, 1.54) is 6.92 Å². The molecule has 0 rings (SSSR count). The maximum atomic E-state index is 9.62. The van der Waals surface area contributed by atoms with Crippen LogP contribution in [0.5, 0.6) is 0 Å². The van der Waals surface area contributed by atoms with Crippen LogP contribution in [0.15, 0.2) is 0 Å². The molecule has 2 N–H and O–H groups in total. The summed E-state index contributed by atoms with van der Waals surface area (Å²) in [5.74, 6) is 0. The van der Waals surface area contributed by atoms with Crippen LogP contribution in [0, 0.1) is 0 Å². The van der Waals surface area contributed by atoms with E-state index in [-0.39, 0.29) is 0 Å². The van der Waals surface area contributed by atoms with Gasteiger partial charge in [0.1, 0.15) is 6.29 Å². The van der Waals surface area contributed by atoms with Gasteiger partial charge in [-0.3, -0.25) is 0 Å². The van der Waals surface area contributed by atoms with Crippen LogP contribution in [-0.2, 0) is 0 Å². The molecule has 0 aliphatic heterocycles. The quantitative estimate of drug-likeness (QED) is 0.417. The largest absolute Gasteiger partial charge is 0.368 e. The molecule has 0 bridgehead atoms. The monoisotopic (exact) mass is 166 g/mol. The van der Waals surface area contributed by atoms with Crippen molar-refractivity contribution in [1.29, 1.82) is 0 Å². The zero-order chi connectivity index (χ0) is 8.99. The molecule has 2 nitrogen and oxygen atoms in total. The molecule has 0 spiro atoms. The summed E-state index contributed by atoms with van der Waals surface area (Å²) in [7, 11) is 0. The molecule has 0 aromatic rings. The second-order valence-electron chi connectivity index (χ2n) is 0.834. The van der Waals surface area contributed by atoms with E-state index in [1.807, 2.05) is 0 Å². The van der Waals surface area contributed by atoms with E-state index in [1.54, 1.807) is 0 Å². The third kappa shape index (κ3) is 2600. The average molecular weight is 166 g/mol. The summed E-state index contributed by atoms with van der Waals surface area (Å²) < 4.78 is 38.5. The van der Waals surface area contributed by atoms with Crippen molar-refractivity contribution in [3.05, 3.63) is 0 Å². The van der Waals surface area contributed by atoms with Crippen LogP contribution >= 0.6 is 0 Å². The molecule has 0 aromatic carbocycles. The maximum Gasteiger partial charge on any atom is 0.229 e. The van der Waals surface area contributed by atoms with Gasteiger partial charge in [-0.15, -0.1) is 0 Å². The van der Waals surface area contributed by atoms with Crippen molar-refractivity contribution in [2.45, 2.75) is 13.2 Å². The van der Waals surface area contributed by atoms with Gasteiger partial charge in [0.25, 0.3) is 0 Å². The Bertz CT molecular complexity index is 31.7. The minimum absolute atomic E-state index is 1.17. The second kappa shape index (κ2) is 23.4. The molecule has 66 valence electrons. The van der Waals surface area contributed by atoms with Crippen molar-refractivity contribution in [3.63, 3.8) is 0 Å². The highest BCUT2D eigenvalue weighted by atomic mass is 19.3. The molecule has 0 aliphatic rings. The first-order valence-electron chi connectivity index (χ1n) is 2.16.